The van der Waals surface area contributed by atoms with Crippen LogP contribution in [0.15, 0.2) is 53.4 Å². The van der Waals surface area contributed by atoms with E-state index in [0.29, 0.717) is 50.6 Å². The van der Waals surface area contributed by atoms with Gasteiger partial charge in [0.2, 0.25) is 9.84 Å². The molecule has 9 heteroatoms. The number of benzene rings is 2. The summed E-state index contributed by atoms with van der Waals surface area (Å²) in [5.74, 6) is -2.92. The molecular formula is C21H24F2N2O4S. The highest BCUT2D eigenvalue weighted by atomic mass is 32.2. The van der Waals surface area contributed by atoms with Gasteiger partial charge in [-0.25, -0.2) is 8.42 Å². The lowest BCUT2D eigenvalue weighted by Crippen LogP contribution is -2.48. The largest absolute Gasteiger partial charge is 0.493 e. The Kier molecular flexibility index (Phi) is 7.04. The molecule has 0 bridgehead atoms. The Bertz CT molecular complexity index is 973. The summed E-state index contributed by atoms with van der Waals surface area (Å²) in [6.07, 6.45) is 0. The number of carbonyl (C=O) groups is 1. The molecule has 0 atom stereocenters. The molecule has 1 fully saturated rings. The minimum absolute atomic E-state index is 0.0692. The van der Waals surface area contributed by atoms with E-state index in [9.17, 15) is 22.0 Å². The number of hydrogen-bond donors (Lipinski definition) is 0. The Morgan fingerprint density at radius 3 is 2.27 bits per heavy atom. The number of alkyl halides is 2. The first-order valence-corrected chi connectivity index (χ1v) is 11.2. The molecule has 0 spiro atoms. The average molecular weight is 438 g/mol. The normalized spacial score (nSPS) is 15.4. The molecule has 0 saturated carbocycles. The number of rotatable bonds is 7. The second-order valence-corrected chi connectivity index (χ2v) is 8.86. The van der Waals surface area contributed by atoms with E-state index in [2.05, 4.69) is 4.90 Å². The summed E-state index contributed by atoms with van der Waals surface area (Å²) >= 11 is 0. The van der Waals surface area contributed by atoms with Crippen LogP contribution >= 0.6 is 0 Å². The van der Waals surface area contributed by atoms with Gasteiger partial charge in [-0.3, -0.25) is 9.69 Å². The number of amides is 1. The van der Waals surface area contributed by atoms with Crippen molar-refractivity contribution in [1.82, 2.24) is 9.80 Å². The number of hydrogen-bond acceptors (Lipinski definition) is 5. The Balaban J connectivity index is 1.58. The summed E-state index contributed by atoms with van der Waals surface area (Å²) in [5.41, 5.74) is 1.37. The number of piperazine rings is 1. The highest BCUT2D eigenvalue weighted by Gasteiger charge is 2.27. The minimum atomic E-state index is -4.58. The molecule has 0 aliphatic carbocycles. The van der Waals surface area contributed by atoms with Gasteiger partial charge < -0.3 is 9.64 Å². The molecule has 2 aromatic rings. The third kappa shape index (κ3) is 4.96. The molecule has 2 aromatic carbocycles. The van der Waals surface area contributed by atoms with Gasteiger partial charge in [-0.15, -0.1) is 0 Å². The Morgan fingerprint density at radius 1 is 1.03 bits per heavy atom. The fourth-order valence-corrected chi connectivity index (χ4v) is 4.07. The van der Waals surface area contributed by atoms with E-state index in [4.69, 9.17) is 4.74 Å². The lowest BCUT2D eigenvalue weighted by atomic mass is 10.1. The number of para-hydroxylation sites is 1. The number of halogens is 2. The third-order valence-corrected chi connectivity index (χ3v) is 6.37. The maximum Gasteiger partial charge on any atom is 0.341 e. The van der Waals surface area contributed by atoms with Crippen LogP contribution in [0, 0.1) is 0 Å². The molecule has 0 N–H and O–H groups in total. The Hall–Kier alpha value is -2.52. The van der Waals surface area contributed by atoms with Gasteiger partial charge in [0, 0.05) is 32.7 Å². The standard InChI is InChI=1S/C21H24F2N2O4S/c1-2-29-19-6-4-3-5-18(19)20(26)25-13-11-24(12-14-25)15-16-7-9-17(10-8-16)30(27,28)21(22)23/h3-10,21H,2,11-15H2,1H3. The number of nitrogens with zero attached hydrogens (tertiary/aromatic N) is 2. The van der Waals surface area contributed by atoms with Crippen LogP contribution in [-0.2, 0) is 16.4 Å². The third-order valence-electron chi connectivity index (χ3n) is 4.97. The smallest absolute Gasteiger partial charge is 0.341 e. The van der Waals surface area contributed by atoms with Gasteiger partial charge in [0.25, 0.3) is 5.91 Å². The highest BCUT2D eigenvalue weighted by Crippen LogP contribution is 2.22. The molecule has 3 rings (SSSR count). The van der Waals surface area contributed by atoms with Crippen molar-refractivity contribution in [2.45, 2.75) is 24.1 Å². The molecule has 0 radical (unpaired) electrons. The van der Waals surface area contributed by atoms with E-state index < -0.39 is 15.6 Å². The second-order valence-electron chi connectivity index (χ2n) is 6.95. The first-order chi connectivity index (χ1) is 14.3. The maximum absolute atomic E-state index is 12.9. The molecule has 1 amide bonds. The zero-order valence-electron chi connectivity index (χ0n) is 16.6. The van der Waals surface area contributed by atoms with Crippen LogP contribution in [0.3, 0.4) is 0 Å². The topological polar surface area (TPSA) is 66.9 Å². The maximum atomic E-state index is 12.9. The molecule has 30 heavy (non-hydrogen) atoms. The predicted molar refractivity (Wildman–Crippen MR) is 108 cm³/mol. The lowest BCUT2D eigenvalue weighted by Gasteiger charge is -2.35. The number of sulfone groups is 1. The van der Waals surface area contributed by atoms with Gasteiger partial charge in [0.05, 0.1) is 17.1 Å². The van der Waals surface area contributed by atoms with Crippen LogP contribution < -0.4 is 4.74 Å². The van der Waals surface area contributed by atoms with Crippen molar-refractivity contribution in [2.75, 3.05) is 32.8 Å². The van der Waals surface area contributed by atoms with Crippen molar-refractivity contribution in [1.29, 1.82) is 0 Å². The summed E-state index contributed by atoms with van der Waals surface area (Å²) in [7, 11) is -4.58. The molecule has 1 aliphatic heterocycles. The number of ether oxygens (including phenoxy) is 1. The average Bonchev–Trinajstić information content (AvgIpc) is 2.75. The molecule has 162 valence electrons. The van der Waals surface area contributed by atoms with Crippen molar-refractivity contribution < 1.29 is 26.7 Å². The van der Waals surface area contributed by atoms with Crippen molar-refractivity contribution >= 4 is 15.7 Å². The van der Waals surface area contributed by atoms with Crippen LogP contribution in [0.4, 0.5) is 8.78 Å². The van der Waals surface area contributed by atoms with Gasteiger partial charge >= 0.3 is 5.76 Å². The SMILES string of the molecule is CCOc1ccccc1C(=O)N1CCN(Cc2ccc(S(=O)(=O)C(F)F)cc2)CC1. The van der Waals surface area contributed by atoms with Gasteiger partial charge in [-0.1, -0.05) is 24.3 Å². The van der Waals surface area contributed by atoms with E-state index in [1.807, 2.05) is 19.1 Å². The highest BCUT2D eigenvalue weighted by molar-refractivity contribution is 7.91. The van der Waals surface area contributed by atoms with Crippen LogP contribution in [0.2, 0.25) is 0 Å². The van der Waals surface area contributed by atoms with Crippen LogP contribution in [-0.4, -0.2) is 62.7 Å². The fraction of sp³-hybridized carbons (Fsp3) is 0.381. The quantitative estimate of drug-likeness (QED) is 0.665. The summed E-state index contributed by atoms with van der Waals surface area (Å²) in [4.78, 5) is 16.4. The Labute approximate surface area is 175 Å². The van der Waals surface area contributed by atoms with Crippen LogP contribution in [0.25, 0.3) is 0 Å². The van der Waals surface area contributed by atoms with E-state index in [1.54, 1.807) is 29.2 Å². The summed E-state index contributed by atoms with van der Waals surface area (Å²) in [6.45, 7) is 5.31. The minimum Gasteiger partial charge on any atom is -0.493 e. The van der Waals surface area contributed by atoms with E-state index in [0.717, 1.165) is 5.56 Å². The lowest BCUT2D eigenvalue weighted by molar-refractivity contribution is 0.0624. The fourth-order valence-electron chi connectivity index (χ4n) is 3.35. The van der Waals surface area contributed by atoms with Crippen molar-refractivity contribution in [2.24, 2.45) is 0 Å². The zero-order valence-corrected chi connectivity index (χ0v) is 17.4. The molecular weight excluding hydrogens is 414 g/mol. The summed E-state index contributed by atoms with van der Waals surface area (Å²) in [5, 5.41) is 0. The first-order valence-electron chi connectivity index (χ1n) is 9.67. The van der Waals surface area contributed by atoms with Crippen molar-refractivity contribution in [3.63, 3.8) is 0 Å². The molecule has 1 aliphatic rings. The van der Waals surface area contributed by atoms with Crippen LogP contribution in [0.5, 0.6) is 5.75 Å². The van der Waals surface area contributed by atoms with Crippen LogP contribution in [0.1, 0.15) is 22.8 Å². The van der Waals surface area contributed by atoms with Gasteiger partial charge in [0.1, 0.15) is 5.75 Å². The van der Waals surface area contributed by atoms with Crippen molar-refractivity contribution in [3.05, 3.63) is 59.7 Å². The monoisotopic (exact) mass is 438 g/mol. The second kappa shape index (κ2) is 9.53. The summed E-state index contributed by atoms with van der Waals surface area (Å²) in [6, 6.07) is 12.7. The molecule has 0 unspecified atom stereocenters. The molecule has 0 aromatic heterocycles. The van der Waals surface area contributed by atoms with Gasteiger partial charge in [-0.05, 0) is 36.8 Å². The molecule has 6 nitrogen and oxygen atoms in total. The van der Waals surface area contributed by atoms with Gasteiger partial charge in [0.15, 0.2) is 0 Å². The van der Waals surface area contributed by atoms with E-state index in [-0.39, 0.29) is 10.8 Å². The number of carbonyl (C=O) groups excluding carboxylic acids is 1. The van der Waals surface area contributed by atoms with E-state index >= 15 is 0 Å². The predicted octanol–water partition coefficient (Wildman–Crippen LogP) is 3.04. The molecule has 1 saturated heterocycles. The Morgan fingerprint density at radius 2 is 1.67 bits per heavy atom. The molecule has 1 heterocycles. The van der Waals surface area contributed by atoms with Gasteiger partial charge in [-0.2, -0.15) is 8.78 Å². The van der Waals surface area contributed by atoms with E-state index in [1.165, 1.54) is 12.1 Å². The summed E-state index contributed by atoms with van der Waals surface area (Å²) < 4.78 is 53.8. The van der Waals surface area contributed by atoms with Crippen molar-refractivity contribution in [3.8, 4) is 5.75 Å². The zero-order chi connectivity index (χ0) is 21.7. The first kappa shape index (κ1) is 22.2.